The Balaban J connectivity index is 1.30. The summed E-state index contributed by atoms with van der Waals surface area (Å²) in [6.45, 7) is 7.34. The number of hydrogen-bond acceptors (Lipinski definition) is 4. The Morgan fingerprint density at radius 1 is 0.868 bits per heavy atom. The molecule has 38 heavy (non-hydrogen) atoms. The van der Waals surface area contributed by atoms with Crippen molar-refractivity contribution >= 4 is 17.8 Å². The van der Waals surface area contributed by atoms with Crippen molar-refractivity contribution < 1.29 is 32.2 Å². The van der Waals surface area contributed by atoms with E-state index in [1.54, 1.807) is 9.80 Å². The summed E-state index contributed by atoms with van der Waals surface area (Å²) in [5, 5.41) is 2.90. The normalized spacial score (nSPS) is 13.8. The van der Waals surface area contributed by atoms with Gasteiger partial charge in [0.1, 0.15) is 11.4 Å². The highest BCUT2D eigenvalue weighted by Crippen LogP contribution is 2.23. The first kappa shape index (κ1) is 29.1. The van der Waals surface area contributed by atoms with E-state index in [0.29, 0.717) is 50.4 Å². The minimum absolute atomic E-state index is 0.157. The molecular formula is C28H36F3N3O4. The SMILES string of the molecule is CC(C)(C)OC(=O)N1CCN(C(=O)Nc2ccc(CCCCCCOc3c(F)cc(F)cc3F)cc2)CC1. The molecule has 3 rings (SSSR count). The molecule has 2 aromatic rings. The van der Waals surface area contributed by atoms with Crippen LogP contribution < -0.4 is 10.1 Å². The van der Waals surface area contributed by atoms with Crippen LogP contribution in [0.25, 0.3) is 0 Å². The predicted molar refractivity (Wildman–Crippen MR) is 139 cm³/mol. The van der Waals surface area contributed by atoms with Gasteiger partial charge in [-0.15, -0.1) is 0 Å². The quantitative estimate of drug-likeness (QED) is 0.379. The van der Waals surface area contributed by atoms with Crippen LogP contribution in [-0.4, -0.2) is 60.3 Å². The van der Waals surface area contributed by atoms with Crippen LogP contribution in [0.4, 0.5) is 28.4 Å². The number of nitrogens with zero attached hydrogens (tertiary/aromatic N) is 2. The molecule has 0 bridgehead atoms. The maximum Gasteiger partial charge on any atom is 0.410 e. The van der Waals surface area contributed by atoms with E-state index in [9.17, 15) is 22.8 Å². The maximum atomic E-state index is 13.6. The van der Waals surface area contributed by atoms with Gasteiger partial charge in [0.2, 0.25) is 0 Å². The molecule has 3 amide bonds. The van der Waals surface area contributed by atoms with E-state index in [4.69, 9.17) is 9.47 Å². The third kappa shape index (κ3) is 9.15. The molecule has 1 fully saturated rings. The van der Waals surface area contributed by atoms with Crippen LogP contribution in [0.15, 0.2) is 36.4 Å². The number of carbonyl (C=O) groups excluding carboxylic acids is 2. The van der Waals surface area contributed by atoms with E-state index < -0.39 is 28.8 Å². The van der Waals surface area contributed by atoms with Crippen LogP contribution in [0.2, 0.25) is 0 Å². The van der Waals surface area contributed by atoms with Gasteiger partial charge in [-0.2, -0.15) is 0 Å². The molecule has 1 N–H and O–H groups in total. The number of rotatable bonds is 9. The number of nitrogens with one attached hydrogen (secondary N) is 1. The monoisotopic (exact) mass is 535 g/mol. The lowest BCUT2D eigenvalue weighted by molar-refractivity contribution is 0.0174. The average molecular weight is 536 g/mol. The fourth-order valence-corrected chi connectivity index (χ4v) is 4.00. The lowest BCUT2D eigenvalue weighted by atomic mass is 10.1. The van der Waals surface area contributed by atoms with E-state index in [-0.39, 0.29) is 18.7 Å². The number of piperazine rings is 1. The van der Waals surface area contributed by atoms with Gasteiger partial charge in [0.05, 0.1) is 6.61 Å². The van der Waals surface area contributed by atoms with Crippen molar-refractivity contribution in [2.45, 2.75) is 58.5 Å². The second-order valence-electron chi connectivity index (χ2n) is 10.3. The van der Waals surface area contributed by atoms with Gasteiger partial charge in [0, 0.05) is 44.0 Å². The zero-order chi connectivity index (χ0) is 27.7. The molecule has 0 radical (unpaired) electrons. The lowest BCUT2D eigenvalue weighted by Crippen LogP contribution is -2.52. The van der Waals surface area contributed by atoms with E-state index >= 15 is 0 Å². The number of amides is 3. The van der Waals surface area contributed by atoms with Gasteiger partial charge < -0.3 is 24.6 Å². The minimum atomic E-state index is -1.04. The van der Waals surface area contributed by atoms with Crippen molar-refractivity contribution in [2.24, 2.45) is 0 Å². The Hall–Kier alpha value is -3.43. The number of carbonyl (C=O) groups is 2. The van der Waals surface area contributed by atoms with Gasteiger partial charge in [-0.05, 0) is 57.7 Å². The van der Waals surface area contributed by atoms with Gasteiger partial charge in [-0.1, -0.05) is 25.0 Å². The Labute approximate surface area is 221 Å². The summed E-state index contributed by atoms with van der Waals surface area (Å²) >= 11 is 0. The second-order valence-corrected chi connectivity index (χ2v) is 10.3. The fourth-order valence-electron chi connectivity index (χ4n) is 4.00. The molecule has 0 aliphatic carbocycles. The van der Waals surface area contributed by atoms with E-state index in [1.165, 1.54) is 0 Å². The Morgan fingerprint density at radius 3 is 2.05 bits per heavy atom. The van der Waals surface area contributed by atoms with E-state index in [1.807, 2.05) is 45.0 Å². The zero-order valence-electron chi connectivity index (χ0n) is 22.2. The Kier molecular flexibility index (Phi) is 10.3. The van der Waals surface area contributed by atoms with Crippen LogP contribution in [0.1, 0.15) is 52.0 Å². The van der Waals surface area contributed by atoms with Crippen molar-refractivity contribution in [3.63, 3.8) is 0 Å². The van der Waals surface area contributed by atoms with Crippen molar-refractivity contribution in [1.82, 2.24) is 9.80 Å². The number of aryl methyl sites for hydroxylation is 1. The highest BCUT2D eigenvalue weighted by Gasteiger charge is 2.27. The van der Waals surface area contributed by atoms with Crippen LogP contribution in [0.5, 0.6) is 5.75 Å². The molecule has 0 spiro atoms. The molecule has 0 unspecified atom stereocenters. The highest BCUT2D eigenvalue weighted by molar-refractivity contribution is 5.89. The van der Waals surface area contributed by atoms with E-state index in [0.717, 1.165) is 31.2 Å². The molecule has 7 nitrogen and oxygen atoms in total. The number of benzene rings is 2. The topological polar surface area (TPSA) is 71.1 Å². The standard InChI is InChI=1S/C28H36F3N3O4/c1-28(2,3)38-27(36)34-15-13-33(14-16-34)26(35)32-22-11-9-20(10-12-22)8-6-4-5-7-17-37-25-23(30)18-21(29)19-24(25)31/h9-12,18-19H,4-8,13-17H2,1-3H3,(H,32,35). The van der Waals surface area contributed by atoms with E-state index in [2.05, 4.69) is 5.32 Å². The van der Waals surface area contributed by atoms with Crippen molar-refractivity contribution in [3.05, 3.63) is 59.4 Å². The molecule has 1 aliphatic rings. The van der Waals surface area contributed by atoms with Gasteiger partial charge in [0.25, 0.3) is 0 Å². The van der Waals surface area contributed by atoms with Crippen molar-refractivity contribution in [1.29, 1.82) is 0 Å². The molecule has 2 aromatic carbocycles. The fraction of sp³-hybridized carbons (Fsp3) is 0.500. The summed E-state index contributed by atoms with van der Waals surface area (Å²) in [6, 6.07) is 8.67. The third-order valence-corrected chi connectivity index (χ3v) is 5.99. The van der Waals surface area contributed by atoms with Gasteiger partial charge >= 0.3 is 12.1 Å². The number of hydrogen-bond donors (Lipinski definition) is 1. The first-order valence-corrected chi connectivity index (χ1v) is 12.9. The molecule has 0 atom stereocenters. The molecule has 10 heteroatoms. The van der Waals surface area contributed by atoms with Crippen LogP contribution in [-0.2, 0) is 11.2 Å². The number of ether oxygens (including phenoxy) is 2. The molecule has 1 heterocycles. The van der Waals surface area contributed by atoms with Gasteiger partial charge in [-0.25, -0.2) is 22.8 Å². The summed E-state index contributed by atoms with van der Waals surface area (Å²) in [7, 11) is 0. The molecule has 208 valence electrons. The summed E-state index contributed by atoms with van der Waals surface area (Å²) < 4.78 is 50.6. The van der Waals surface area contributed by atoms with Crippen LogP contribution >= 0.6 is 0 Å². The summed E-state index contributed by atoms with van der Waals surface area (Å²) in [4.78, 5) is 28.1. The smallest absolute Gasteiger partial charge is 0.410 e. The molecule has 1 aliphatic heterocycles. The van der Waals surface area contributed by atoms with Crippen molar-refractivity contribution in [2.75, 3.05) is 38.1 Å². The minimum Gasteiger partial charge on any atom is -0.488 e. The molecule has 0 saturated carbocycles. The Bertz CT molecular complexity index is 1060. The summed E-state index contributed by atoms with van der Waals surface area (Å²) in [6.07, 6.45) is 3.83. The third-order valence-electron chi connectivity index (χ3n) is 5.99. The number of anilines is 1. The van der Waals surface area contributed by atoms with Gasteiger partial charge in [0.15, 0.2) is 17.4 Å². The summed E-state index contributed by atoms with van der Waals surface area (Å²) in [5.74, 6) is -3.59. The van der Waals surface area contributed by atoms with Crippen LogP contribution in [0, 0.1) is 17.5 Å². The lowest BCUT2D eigenvalue weighted by Gasteiger charge is -2.35. The highest BCUT2D eigenvalue weighted by atomic mass is 19.1. The number of unbranched alkanes of at least 4 members (excludes halogenated alkanes) is 3. The second kappa shape index (κ2) is 13.4. The zero-order valence-corrected chi connectivity index (χ0v) is 22.2. The average Bonchev–Trinajstić information content (AvgIpc) is 2.84. The molecule has 1 saturated heterocycles. The maximum absolute atomic E-state index is 13.6. The molecular weight excluding hydrogens is 499 g/mol. The number of halogens is 3. The molecule has 0 aromatic heterocycles. The Morgan fingerprint density at radius 2 is 1.45 bits per heavy atom. The van der Waals surface area contributed by atoms with Crippen LogP contribution in [0.3, 0.4) is 0 Å². The first-order chi connectivity index (χ1) is 18.0. The summed E-state index contributed by atoms with van der Waals surface area (Å²) in [5.41, 5.74) is 1.29. The van der Waals surface area contributed by atoms with Gasteiger partial charge in [-0.3, -0.25) is 0 Å². The van der Waals surface area contributed by atoms with Crippen molar-refractivity contribution in [3.8, 4) is 5.75 Å². The first-order valence-electron chi connectivity index (χ1n) is 12.9. The predicted octanol–water partition coefficient (Wildman–Crippen LogP) is 6.37. The largest absolute Gasteiger partial charge is 0.488 e. The number of urea groups is 1.